The van der Waals surface area contributed by atoms with Crippen molar-refractivity contribution >= 4 is 5.91 Å². The maximum Gasteiger partial charge on any atom is 0.270 e. The molecule has 0 saturated carbocycles. The number of aromatic amines is 1. The first-order valence-electron chi connectivity index (χ1n) is 7.82. The minimum atomic E-state index is -0.449. The number of hydrogen-bond acceptors (Lipinski definition) is 6. The Morgan fingerprint density at radius 3 is 2.72 bits per heavy atom. The van der Waals surface area contributed by atoms with E-state index < -0.39 is 5.91 Å². The lowest BCUT2D eigenvalue weighted by atomic mass is 10.1. The summed E-state index contributed by atoms with van der Waals surface area (Å²) in [5.74, 6) is 0.691. The van der Waals surface area contributed by atoms with E-state index in [1.54, 1.807) is 7.11 Å². The van der Waals surface area contributed by atoms with Crippen molar-refractivity contribution in [1.82, 2.24) is 15.3 Å². The number of methoxy groups -OCH3 is 1. The molecule has 1 aromatic carbocycles. The topological polar surface area (TPSA) is 114 Å². The molecule has 0 atom stereocenters. The Balaban J connectivity index is 2.01. The number of rotatable bonds is 9. The number of H-pyrrole nitrogens is 1. The maximum atomic E-state index is 12.1. The van der Waals surface area contributed by atoms with E-state index in [2.05, 4.69) is 15.3 Å². The van der Waals surface area contributed by atoms with Crippen molar-refractivity contribution in [2.45, 2.75) is 6.42 Å². The van der Waals surface area contributed by atoms with E-state index in [-0.39, 0.29) is 37.6 Å². The predicted octanol–water partition coefficient (Wildman–Crippen LogP) is 0.108. The van der Waals surface area contributed by atoms with Crippen LogP contribution in [-0.4, -0.2) is 54.5 Å². The Morgan fingerprint density at radius 2 is 2.04 bits per heavy atom. The highest BCUT2D eigenvalue weighted by atomic mass is 16.5. The van der Waals surface area contributed by atoms with Gasteiger partial charge in [0.2, 0.25) is 0 Å². The van der Waals surface area contributed by atoms with Crippen LogP contribution in [0.3, 0.4) is 0 Å². The molecule has 1 aromatic heterocycles. The van der Waals surface area contributed by atoms with E-state index >= 15 is 0 Å². The molecule has 1 heterocycles. The molecule has 134 valence electrons. The Labute approximate surface area is 144 Å². The summed E-state index contributed by atoms with van der Waals surface area (Å²) in [6.07, 6.45) is 0.389. The van der Waals surface area contributed by atoms with Crippen LogP contribution in [0, 0.1) is 0 Å². The van der Waals surface area contributed by atoms with Crippen molar-refractivity contribution in [1.29, 1.82) is 0 Å². The number of nitrogens with zero attached hydrogens (tertiary/aromatic N) is 1. The molecule has 0 saturated heterocycles. The first-order valence-corrected chi connectivity index (χ1v) is 7.82. The zero-order valence-corrected chi connectivity index (χ0v) is 13.9. The van der Waals surface area contributed by atoms with Crippen molar-refractivity contribution in [3.05, 3.63) is 57.8 Å². The fraction of sp³-hybridized carbons (Fsp3) is 0.353. The van der Waals surface area contributed by atoms with Gasteiger partial charge in [-0.2, -0.15) is 0 Å². The predicted molar refractivity (Wildman–Crippen MR) is 90.9 cm³/mol. The van der Waals surface area contributed by atoms with E-state index in [1.165, 1.54) is 0 Å². The minimum absolute atomic E-state index is 0.0504. The third kappa shape index (κ3) is 6.02. The third-order valence-electron chi connectivity index (χ3n) is 3.32. The van der Waals surface area contributed by atoms with Crippen LogP contribution in [0.15, 0.2) is 35.1 Å². The van der Waals surface area contributed by atoms with Crippen LogP contribution >= 0.6 is 0 Å². The molecule has 0 unspecified atom stereocenters. The first-order chi connectivity index (χ1) is 12.1. The maximum absolute atomic E-state index is 12.1. The molecule has 0 spiro atoms. The van der Waals surface area contributed by atoms with Crippen LogP contribution in [0.5, 0.6) is 5.75 Å². The molecule has 8 heteroatoms. The molecule has 8 nitrogen and oxygen atoms in total. The zero-order chi connectivity index (χ0) is 18.1. The van der Waals surface area contributed by atoms with Crippen molar-refractivity contribution < 1.29 is 19.4 Å². The second-order valence-corrected chi connectivity index (χ2v) is 5.19. The monoisotopic (exact) mass is 347 g/mol. The molecule has 2 aromatic rings. The van der Waals surface area contributed by atoms with E-state index in [0.717, 1.165) is 17.4 Å². The van der Waals surface area contributed by atoms with Gasteiger partial charge in [-0.25, -0.2) is 4.98 Å². The lowest BCUT2D eigenvalue weighted by molar-refractivity contribution is 0.0835. The van der Waals surface area contributed by atoms with Crippen LogP contribution < -0.4 is 15.6 Å². The summed E-state index contributed by atoms with van der Waals surface area (Å²) < 4.78 is 10.2. The lowest BCUT2D eigenvalue weighted by Crippen LogP contribution is -2.30. The first kappa shape index (κ1) is 18.6. The highest BCUT2D eigenvalue weighted by Crippen LogP contribution is 2.13. The second kappa shape index (κ2) is 9.55. The number of amides is 1. The Hall–Kier alpha value is -2.71. The van der Waals surface area contributed by atoms with Crippen LogP contribution in [0.2, 0.25) is 0 Å². The van der Waals surface area contributed by atoms with Gasteiger partial charge in [-0.3, -0.25) is 9.59 Å². The molecule has 0 bridgehead atoms. The van der Waals surface area contributed by atoms with E-state index in [1.807, 2.05) is 24.3 Å². The summed E-state index contributed by atoms with van der Waals surface area (Å²) in [4.78, 5) is 30.7. The van der Waals surface area contributed by atoms with Crippen LogP contribution in [0.1, 0.15) is 21.9 Å². The summed E-state index contributed by atoms with van der Waals surface area (Å²) in [6.45, 7) is 0.679. The molecule has 1 amide bonds. The molecule has 3 N–H and O–H groups in total. The fourth-order valence-electron chi connectivity index (χ4n) is 2.14. The van der Waals surface area contributed by atoms with Crippen LogP contribution in [0.4, 0.5) is 0 Å². The van der Waals surface area contributed by atoms with E-state index in [4.69, 9.17) is 14.6 Å². The number of hydrogen-bond donors (Lipinski definition) is 3. The number of benzene rings is 1. The van der Waals surface area contributed by atoms with Crippen LogP contribution in [0.25, 0.3) is 0 Å². The molecule has 0 aliphatic rings. The SMILES string of the molecule is COc1ccc(Cc2nc(C(=O)NCCOCCO)cc(=O)[nH]2)cc1. The minimum Gasteiger partial charge on any atom is -0.497 e. The number of aliphatic hydroxyl groups is 1. The summed E-state index contributed by atoms with van der Waals surface area (Å²) >= 11 is 0. The van der Waals surface area contributed by atoms with Crippen molar-refractivity contribution in [2.75, 3.05) is 33.5 Å². The second-order valence-electron chi connectivity index (χ2n) is 5.19. The highest BCUT2D eigenvalue weighted by Gasteiger charge is 2.10. The van der Waals surface area contributed by atoms with Crippen LogP contribution in [-0.2, 0) is 11.2 Å². The molecule has 0 aliphatic carbocycles. The van der Waals surface area contributed by atoms with Gasteiger partial charge in [0.25, 0.3) is 11.5 Å². The van der Waals surface area contributed by atoms with Gasteiger partial charge in [-0.15, -0.1) is 0 Å². The Kier molecular flexibility index (Phi) is 7.12. The summed E-state index contributed by atoms with van der Waals surface area (Å²) in [7, 11) is 1.59. The summed E-state index contributed by atoms with van der Waals surface area (Å²) in [5.41, 5.74) is 0.591. The van der Waals surface area contributed by atoms with E-state index in [9.17, 15) is 9.59 Å². The summed E-state index contributed by atoms with van der Waals surface area (Å²) in [6, 6.07) is 8.52. The van der Waals surface area contributed by atoms with Gasteiger partial charge in [0.05, 0.1) is 26.9 Å². The standard InChI is InChI=1S/C17H21N3O5/c1-24-13-4-2-12(3-5-13)10-15-19-14(11-16(22)20-15)17(23)18-6-8-25-9-7-21/h2-5,11,21H,6-10H2,1H3,(H,18,23)(H,19,20,22). The smallest absolute Gasteiger partial charge is 0.270 e. The third-order valence-corrected chi connectivity index (χ3v) is 3.32. The number of aliphatic hydroxyl groups excluding tert-OH is 1. The van der Waals surface area contributed by atoms with Gasteiger partial charge >= 0.3 is 0 Å². The zero-order valence-electron chi connectivity index (χ0n) is 13.9. The molecule has 2 rings (SSSR count). The molecule has 0 radical (unpaired) electrons. The van der Waals surface area contributed by atoms with Gasteiger partial charge in [0, 0.05) is 19.0 Å². The number of aromatic nitrogens is 2. The van der Waals surface area contributed by atoms with Crippen molar-refractivity contribution in [3.8, 4) is 5.75 Å². The molecule has 25 heavy (non-hydrogen) atoms. The average molecular weight is 347 g/mol. The Morgan fingerprint density at radius 1 is 1.28 bits per heavy atom. The number of nitrogens with one attached hydrogen (secondary N) is 2. The Bertz CT molecular complexity index is 743. The van der Waals surface area contributed by atoms with Gasteiger partial charge < -0.3 is 24.9 Å². The highest BCUT2D eigenvalue weighted by molar-refractivity contribution is 5.92. The number of carbonyl (C=O) groups is 1. The molecule has 0 fully saturated rings. The number of carbonyl (C=O) groups excluding carboxylic acids is 1. The molecule has 0 aliphatic heterocycles. The van der Waals surface area contributed by atoms with Gasteiger partial charge in [0.1, 0.15) is 17.3 Å². The number of ether oxygens (including phenoxy) is 2. The van der Waals surface area contributed by atoms with Gasteiger partial charge in [0.15, 0.2) is 0 Å². The largest absolute Gasteiger partial charge is 0.497 e. The average Bonchev–Trinajstić information content (AvgIpc) is 2.61. The normalized spacial score (nSPS) is 10.5. The van der Waals surface area contributed by atoms with Gasteiger partial charge in [-0.05, 0) is 17.7 Å². The lowest BCUT2D eigenvalue weighted by Gasteiger charge is -2.07. The van der Waals surface area contributed by atoms with E-state index in [0.29, 0.717) is 12.2 Å². The van der Waals surface area contributed by atoms with Crippen molar-refractivity contribution in [3.63, 3.8) is 0 Å². The van der Waals surface area contributed by atoms with Gasteiger partial charge in [-0.1, -0.05) is 12.1 Å². The fourth-order valence-corrected chi connectivity index (χ4v) is 2.14. The van der Waals surface area contributed by atoms with Crippen molar-refractivity contribution in [2.24, 2.45) is 0 Å². The molecular formula is C17H21N3O5. The summed E-state index contributed by atoms with van der Waals surface area (Å²) in [5, 5.41) is 11.2. The molecular weight excluding hydrogens is 326 g/mol. The quantitative estimate of drug-likeness (QED) is 0.555.